The topological polar surface area (TPSA) is 165 Å². The number of hydrogen-bond acceptors (Lipinski definition) is 8. The summed E-state index contributed by atoms with van der Waals surface area (Å²) in [7, 11) is 1.48. The standard InChI is InChI=1S/C30H36N6O6/c1-18(2)25-29(40)34-23(15-19-9-5-4-6-10-19)30-35-24(17-42-30)26(37)32-13-8-7-11-21(27(38)36-25)33-28(39)22-16-20(41-3)12-14-31-22/h4-6,9-10,12,14,16-18,21,23,25H,7-8,11,13,15H2,1-3H3,(H,32,37)(H,33,39)(H,34,40)(H,36,38)/t21-,23+,25-/m0/s1. The molecule has 0 radical (unpaired) electrons. The molecule has 3 aromatic rings. The van der Waals surface area contributed by atoms with E-state index < -0.39 is 41.8 Å². The van der Waals surface area contributed by atoms with Gasteiger partial charge >= 0.3 is 0 Å². The summed E-state index contributed by atoms with van der Waals surface area (Å²) in [5.74, 6) is -1.57. The minimum Gasteiger partial charge on any atom is -0.497 e. The Bertz CT molecular complexity index is 1390. The lowest BCUT2D eigenvalue weighted by Crippen LogP contribution is -2.56. The molecule has 2 bridgehead atoms. The van der Waals surface area contributed by atoms with Gasteiger partial charge in [0.2, 0.25) is 17.7 Å². The number of benzene rings is 1. The third-order valence-corrected chi connectivity index (χ3v) is 6.93. The first kappa shape index (κ1) is 30.2. The molecule has 222 valence electrons. The third kappa shape index (κ3) is 7.93. The Morgan fingerprint density at radius 2 is 1.88 bits per heavy atom. The molecule has 1 aliphatic heterocycles. The fraction of sp³-hybridized carbons (Fsp3) is 0.400. The van der Waals surface area contributed by atoms with Gasteiger partial charge in [0.05, 0.1) is 7.11 Å². The molecule has 12 heteroatoms. The lowest BCUT2D eigenvalue weighted by Gasteiger charge is -2.27. The number of ether oxygens (including phenoxy) is 1. The predicted octanol–water partition coefficient (Wildman–Crippen LogP) is 2.33. The lowest BCUT2D eigenvalue weighted by atomic mass is 10.00. The van der Waals surface area contributed by atoms with Crippen molar-refractivity contribution < 1.29 is 28.3 Å². The van der Waals surface area contributed by atoms with Crippen LogP contribution in [0.1, 0.15) is 71.6 Å². The fourth-order valence-corrected chi connectivity index (χ4v) is 4.58. The van der Waals surface area contributed by atoms with Crippen molar-refractivity contribution in [2.45, 2.75) is 57.7 Å². The SMILES string of the molecule is COc1ccnc(C(=O)N[C@H]2CCCCNC(=O)c3coc(n3)[C@@H](Cc3ccccc3)NC(=O)[C@H](C(C)C)NC2=O)c1. The number of carbonyl (C=O) groups is 4. The zero-order valence-electron chi connectivity index (χ0n) is 23.9. The molecular weight excluding hydrogens is 540 g/mol. The number of rotatable bonds is 6. The molecule has 3 atom stereocenters. The van der Waals surface area contributed by atoms with E-state index in [0.29, 0.717) is 31.6 Å². The highest BCUT2D eigenvalue weighted by Crippen LogP contribution is 2.20. The number of fused-ring (bicyclic) bond motifs is 2. The van der Waals surface area contributed by atoms with Gasteiger partial charge in [-0.05, 0) is 36.8 Å². The molecule has 4 N–H and O–H groups in total. The Kier molecular flexibility index (Phi) is 10.2. The van der Waals surface area contributed by atoms with E-state index in [0.717, 1.165) is 5.56 Å². The van der Waals surface area contributed by atoms with Crippen molar-refractivity contribution >= 4 is 23.6 Å². The van der Waals surface area contributed by atoms with Gasteiger partial charge in [0.1, 0.15) is 35.8 Å². The van der Waals surface area contributed by atoms with E-state index in [1.165, 1.54) is 25.6 Å². The van der Waals surface area contributed by atoms with Crippen LogP contribution in [0.5, 0.6) is 5.75 Å². The van der Waals surface area contributed by atoms with Crippen LogP contribution in [0.3, 0.4) is 0 Å². The molecule has 42 heavy (non-hydrogen) atoms. The number of hydrogen-bond donors (Lipinski definition) is 4. The maximum atomic E-state index is 13.6. The van der Waals surface area contributed by atoms with Gasteiger partial charge in [-0.15, -0.1) is 0 Å². The van der Waals surface area contributed by atoms with Crippen LogP contribution in [0.15, 0.2) is 59.3 Å². The Morgan fingerprint density at radius 1 is 1.10 bits per heavy atom. The Balaban J connectivity index is 1.59. The van der Waals surface area contributed by atoms with Gasteiger partial charge in [-0.3, -0.25) is 24.2 Å². The number of nitrogens with zero attached hydrogens (tertiary/aromatic N) is 2. The van der Waals surface area contributed by atoms with Gasteiger partial charge in [0.25, 0.3) is 11.8 Å². The molecule has 2 aromatic heterocycles. The molecule has 0 fully saturated rings. The molecule has 4 rings (SSSR count). The highest BCUT2D eigenvalue weighted by Gasteiger charge is 2.32. The van der Waals surface area contributed by atoms with Gasteiger partial charge in [-0.1, -0.05) is 44.2 Å². The Hall–Kier alpha value is -4.74. The van der Waals surface area contributed by atoms with Crippen LogP contribution in [-0.4, -0.2) is 59.3 Å². The molecule has 0 aliphatic carbocycles. The highest BCUT2D eigenvalue weighted by molar-refractivity contribution is 5.97. The summed E-state index contributed by atoms with van der Waals surface area (Å²) in [6, 6.07) is 9.98. The van der Waals surface area contributed by atoms with Crippen molar-refractivity contribution in [3.63, 3.8) is 0 Å². The monoisotopic (exact) mass is 576 g/mol. The summed E-state index contributed by atoms with van der Waals surface area (Å²) in [6.07, 6.45) is 4.38. The number of amides is 4. The number of nitrogens with one attached hydrogen (secondary N) is 4. The number of methoxy groups -OCH3 is 1. The quantitative estimate of drug-likeness (QED) is 0.347. The number of carbonyl (C=O) groups excluding carboxylic acids is 4. The van der Waals surface area contributed by atoms with Gasteiger partial charge < -0.3 is 30.4 Å². The van der Waals surface area contributed by atoms with Crippen LogP contribution in [-0.2, 0) is 16.0 Å². The second kappa shape index (κ2) is 14.2. The molecule has 3 heterocycles. The minimum absolute atomic E-state index is 0.0907. The van der Waals surface area contributed by atoms with Gasteiger partial charge in [-0.25, -0.2) is 4.98 Å². The summed E-state index contributed by atoms with van der Waals surface area (Å²) in [5.41, 5.74) is 1.11. The van der Waals surface area contributed by atoms with E-state index in [-0.39, 0.29) is 29.6 Å². The number of oxazole rings is 1. The van der Waals surface area contributed by atoms with Crippen molar-refractivity contribution in [2.24, 2.45) is 5.92 Å². The second-order valence-corrected chi connectivity index (χ2v) is 10.4. The Morgan fingerprint density at radius 3 is 2.62 bits per heavy atom. The maximum Gasteiger partial charge on any atom is 0.273 e. The molecule has 0 saturated carbocycles. The lowest BCUT2D eigenvalue weighted by molar-refractivity contribution is -0.131. The molecule has 0 saturated heterocycles. The first-order valence-electron chi connectivity index (χ1n) is 13.9. The van der Waals surface area contributed by atoms with Crippen LogP contribution >= 0.6 is 0 Å². The van der Waals surface area contributed by atoms with Crippen molar-refractivity contribution in [1.29, 1.82) is 0 Å². The van der Waals surface area contributed by atoms with E-state index in [9.17, 15) is 19.2 Å². The molecule has 0 spiro atoms. The van der Waals surface area contributed by atoms with Gasteiger partial charge in [0, 0.05) is 25.2 Å². The summed E-state index contributed by atoms with van der Waals surface area (Å²) in [5, 5.41) is 11.3. The van der Waals surface area contributed by atoms with Gasteiger partial charge in [0.15, 0.2) is 5.69 Å². The summed E-state index contributed by atoms with van der Waals surface area (Å²) < 4.78 is 10.8. The zero-order valence-corrected chi connectivity index (χ0v) is 23.9. The highest BCUT2D eigenvalue weighted by atomic mass is 16.5. The average Bonchev–Trinajstić information content (AvgIpc) is 3.49. The summed E-state index contributed by atoms with van der Waals surface area (Å²) in [4.78, 5) is 61.3. The molecule has 4 amide bonds. The molecule has 12 nitrogen and oxygen atoms in total. The zero-order chi connectivity index (χ0) is 30.1. The maximum absolute atomic E-state index is 13.6. The largest absolute Gasteiger partial charge is 0.497 e. The van der Waals surface area contributed by atoms with E-state index >= 15 is 0 Å². The summed E-state index contributed by atoms with van der Waals surface area (Å²) >= 11 is 0. The first-order chi connectivity index (χ1) is 20.2. The van der Waals surface area contributed by atoms with Crippen molar-refractivity contribution in [2.75, 3.05) is 13.7 Å². The second-order valence-electron chi connectivity index (χ2n) is 10.4. The minimum atomic E-state index is -0.949. The van der Waals surface area contributed by atoms with Crippen LogP contribution in [0, 0.1) is 5.92 Å². The molecule has 0 unspecified atom stereocenters. The average molecular weight is 577 g/mol. The molecule has 1 aliphatic rings. The molecule has 1 aromatic carbocycles. The van der Waals surface area contributed by atoms with Crippen molar-refractivity contribution in [3.05, 3.63) is 77.8 Å². The van der Waals surface area contributed by atoms with E-state index in [2.05, 4.69) is 31.2 Å². The van der Waals surface area contributed by atoms with E-state index in [1.807, 2.05) is 44.2 Å². The fourth-order valence-electron chi connectivity index (χ4n) is 4.58. The van der Waals surface area contributed by atoms with E-state index in [4.69, 9.17) is 9.15 Å². The summed E-state index contributed by atoms with van der Waals surface area (Å²) in [6.45, 7) is 3.96. The number of pyridine rings is 1. The first-order valence-corrected chi connectivity index (χ1v) is 13.9. The number of aromatic nitrogens is 2. The van der Waals surface area contributed by atoms with E-state index in [1.54, 1.807) is 6.07 Å². The van der Waals surface area contributed by atoms with Gasteiger partial charge in [-0.2, -0.15) is 0 Å². The van der Waals surface area contributed by atoms with Crippen molar-refractivity contribution in [1.82, 2.24) is 31.2 Å². The van der Waals surface area contributed by atoms with Crippen LogP contribution in [0.2, 0.25) is 0 Å². The Labute approximate surface area is 244 Å². The van der Waals surface area contributed by atoms with Crippen LogP contribution in [0.25, 0.3) is 0 Å². The van der Waals surface area contributed by atoms with Crippen molar-refractivity contribution in [3.8, 4) is 5.75 Å². The van der Waals surface area contributed by atoms with Crippen LogP contribution < -0.4 is 26.0 Å². The smallest absolute Gasteiger partial charge is 0.273 e. The third-order valence-electron chi connectivity index (χ3n) is 6.93. The van der Waals surface area contributed by atoms with Crippen LogP contribution in [0.4, 0.5) is 0 Å². The molecular formula is C30H36N6O6. The predicted molar refractivity (Wildman–Crippen MR) is 153 cm³/mol. The normalized spacial score (nSPS) is 20.3.